The maximum absolute atomic E-state index is 13.9. The number of phenols is 1. The Morgan fingerprint density at radius 1 is 1.15 bits per heavy atom. The van der Waals surface area contributed by atoms with Crippen LogP contribution in [0.5, 0.6) is 5.75 Å². The second kappa shape index (κ2) is 11.7. The van der Waals surface area contributed by atoms with Gasteiger partial charge in [0.25, 0.3) is 10.0 Å². The highest BCUT2D eigenvalue weighted by molar-refractivity contribution is 7.92. The van der Waals surface area contributed by atoms with Gasteiger partial charge < -0.3 is 14.9 Å². The molecule has 0 bridgehead atoms. The van der Waals surface area contributed by atoms with Gasteiger partial charge in [0.15, 0.2) is 0 Å². The standard InChI is InChI=1S/C25H28F4N2O7S/c1-14(2)38-24(35)30-17-5-8-22(32)21(12-17)31(10-9-16(11-23(33)34)15-3-4-15)39(36,37)18-6-7-20(26)19(13-18)25(27,28)29/h5-8,12-16,32H,3-4,9-11H2,1-2H3,(H,30,35)(H,33,34). The first-order chi connectivity index (χ1) is 18.1. The first-order valence-electron chi connectivity index (χ1n) is 12.0. The van der Waals surface area contributed by atoms with Crippen molar-refractivity contribution in [3.05, 3.63) is 47.8 Å². The number of aromatic hydroxyl groups is 1. The third kappa shape index (κ3) is 7.74. The van der Waals surface area contributed by atoms with Crippen LogP contribution in [0.4, 0.5) is 33.7 Å². The number of phenolic OH excluding ortho intramolecular Hbond substituents is 1. The number of amides is 1. The molecule has 0 radical (unpaired) electrons. The minimum Gasteiger partial charge on any atom is -0.506 e. The molecule has 2 aromatic carbocycles. The number of hydrogen-bond donors (Lipinski definition) is 3. The molecular formula is C25H28F4N2O7S. The van der Waals surface area contributed by atoms with Crippen LogP contribution >= 0.6 is 0 Å². The number of hydrogen-bond acceptors (Lipinski definition) is 6. The molecule has 1 fully saturated rings. The SMILES string of the molecule is CC(C)OC(=O)Nc1ccc(O)c(N(CCC(CC(=O)O)C2CC2)S(=O)(=O)c2ccc(F)c(C(F)(F)F)c2)c1. The second-order valence-corrected chi connectivity index (χ2v) is 11.3. The van der Waals surface area contributed by atoms with Crippen LogP contribution in [0.2, 0.25) is 0 Å². The van der Waals surface area contributed by atoms with Gasteiger partial charge in [-0.15, -0.1) is 0 Å². The first-order valence-corrected chi connectivity index (χ1v) is 13.5. The minimum atomic E-state index is -5.18. The molecule has 1 atom stereocenters. The average molecular weight is 577 g/mol. The summed E-state index contributed by atoms with van der Waals surface area (Å²) in [5.41, 5.74) is -2.17. The van der Waals surface area contributed by atoms with Crippen LogP contribution in [-0.2, 0) is 25.7 Å². The van der Waals surface area contributed by atoms with Crippen molar-refractivity contribution in [1.29, 1.82) is 0 Å². The third-order valence-electron chi connectivity index (χ3n) is 6.09. The van der Waals surface area contributed by atoms with Crippen molar-refractivity contribution in [3.8, 4) is 5.75 Å². The number of carbonyl (C=O) groups excluding carboxylic acids is 1. The van der Waals surface area contributed by atoms with E-state index in [2.05, 4.69) is 5.32 Å². The van der Waals surface area contributed by atoms with E-state index in [1.54, 1.807) is 13.8 Å². The zero-order chi connectivity index (χ0) is 29.1. The van der Waals surface area contributed by atoms with E-state index in [-0.39, 0.29) is 36.2 Å². The number of anilines is 2. The largest absolute Gasteiger partial charge is 0.506 e. The number of sulfonamides is 1. The molecule has 1 aliphatic carbocycles. The zero-order valence-electron chi connectivity index (χ0n) is 21.0. The van der Waals surface area contributed by atoms with Crippen LogP contribution in [-0.4, -0.2) is 43.3 Å². The van der Waals surface area contributed by atoms with E-state index in [4.69, 9.17) is 4.74 Å². The average Bonchev–Trinajstić information content (AvgIpc) is 3.64. The number of carbonyl (C=O) groups is 2. The summed E-state index contributed by atoms with van der Waals surface area (Å²) in [7, 11) is -4.85. The number of benzene rings is 2. The fraction of sp³-hybridized carbons (Fsp3) is 0.440. The molecule has 2 aromatic rings. The summed E-state index contributed by atoms with van der Waals surface area (Å²) in [6, 6.07) is 4.62. The van der Waals surface area contributed by atoms with Gasteiger partial charge in [-0.2, -0.15) is 13.2 Å². The number of aliphatic carboxylic acids is 1. The summed E-state index contributed by atoms with van der Waals surface area (Å²) in [6.45, 7) is 2.78. The quantitative estimate of drug-likeness (QED) is 0.235. The Labute approximate surface area is 222 Å². The summed E-state index contributed by atoms with van der Waals surface area (Å²) >= 11 is 0. The van der Waals surface area contributed by atoms with Gasteiger partial charge in [0.05, 0.1) is 22.3 Å². The number of carboxylic acids is 1. The monoisotopic (exact) mass is 576 g/mol. The van der Waals surface area contributed by atoms with Crippen molar-refractivity contribution >= 4 is 33.5 Å². The third-order valence-corrected chi connectivity index (χ3v) is 7.90. The summed E-state index contributed by atoms with van der Waals surface area (Å²) < 4.78 is 86.9. The van der Waals surface area contributed by atoms with Gasteiger partial charge in [0.2, 0.25) is 0 Å². The second-order valence-electron chi connectivity index (χ2n) is 9.48. The van der Waals surface area contributed by atoms with Crippen LogP contribution in [0.1, 0.15) is 45.1 Å². The Morgan fingerprint density at radius 3 is 2.38 bits per heavy atom. The van der Waals surface area contributed by atoms with Gasteiger partial charge in [-0.1, -0.05) is 0 Å². The van der Waals surface area contributed by atoms with Crippen LogP contribution < -0.4 is 9.62 Å². The normalized spacial score (nSPS) is 14.6. The van der Waals surface area contributed by atoms with Gasteiger partial charge in [-0.25, -0.2) is 17.6 Å². The van der Waals surface area contributed by atoms with Crippen LogP contribution in [0.25, 0.3) is 0 Å². The maximum Gasteiger partial charge on any atom is 0.419 e. The number of carboxylic acid groups (broad SMARTS) is 1. The zero-order valence-corrected chi connectivity index (χ0v) is 21.9. The molecule has 1 aliphatic rings. The molecule has 14 heteroatoms. The Morgan fingerprint density at radius 2 is 1.82 bits per heavy atom. The Kier molecular flexibility index (Phi) is 8.98. The summed E-state index contributed by atoms with van der Waals surface area (Å²) in [4.78, 5) is 22.5. The molecule has 3 N–H and O–H groups in total. The van der Waals surface area contributed by atoms with Crippen molar-refractivity contribution in [2.75, 3.05) is 16.2 Å². The van der Waals surface area contributed by atoms with Crippen molar-refractivity contribution in [2.24, 2.45) is 11.8 Å². The first kappa shape index (κ1) is 30.0. The number of nitrogens with one attached hydrogen (secondary N) is 1. The Hall–Kier alpha value is -3.55. The van der Waals surface area contributed by atoms with E-state index in [1.807, 2.05) is 0 Å². The number of ether oxygens (including phenoxy) is 1. The van der Waals surface area contributed by atoms with Crippen LogP contribution in [0.3, 0.4) is 0 Å². The Balaban J connectivity index is 2.06. The van der Waals surface area contributed by atoms with Crippen LogP contribution in [0, 0.1) is 17.7 Å². The molecule has 1 saturated carbocycles. The van der Waals surface area contributed by atoms with Crippen molar-refractivity contribution in [1.82, 2.24) is 0 Å². The van der Waals surface area contributed by atoms with Crippen LogP contribution in [0.15, 0.2) is 41.3 Å². The summed E-state index contributed by atoms with van der Waals surface area (Å²) in [5.74, 6) is -3.72. The number of halogens is 4. The highest BCUT2D eigenvalue weighted by atomic mass is 32.2. The lowest BCUT2D eigenvalue weighted by Gasteiger charge is -2.28. The smallest absolute Gasteiger partial charge is 0.419 e. The number of nitrogens with zero attached hydrogens (tertiary/aromatic N) is 1. The van der Waals surface area contributed by atoms with Gasteiger partial charge in [-0.3, -0.25) is 14.4 Å². The van der Waals surface area contributed by atoms with E-state index in [0.29, 0.717) is 16.4 Å². The highest BCUT2D eigenvalue weighted by Gasteiger charge is 2.38. The molecule has 0 aromatic heterocycles. The predicted molar refractivity (Wildman–Crippen MR) is 132 cm³/mol. The van der Waals surface area contributed by atoms with Crippen molar-refractivity contribution < 1.29 is 50.5 Å². The van der Waals surface area contributed by atoms with E-state index >= 15 is 0 Å². The highest BCUT2D eigenvalue weighted by Crippen LogP contribution is 2.42. The van der Waals surface area contributed by atoms with E-state index in [0.717, 1.165) is 25.0 Å². The molecule has 39 heavy (non-hydrogen) atoms. The number of alkyl halides is 3. The molecule has 214 valence electrons. The molecule has 1 amide bonds. The topological polar surface area (TPSA) is 133 Å². The van der Waals surface area contributed by atoms with Crippen molar-refractivity contribution in [3.63, 3.8) is 0 Å². The lowest BCUT2D eigenvalue weighted by Crippen LogP contribution is -2.34. The molecule has 0 spiro atoms. The Bertz CT molecular complexity index is 1330. The van der Waals surface area contributed by atoms with Gasteiger partial charge >= 0.3 is 18.2 Å². The molecule has 0 heterocycles. The van der Waals surface area contributed by atoms with Gasteiger partial charge in [0, 0.05) is 18.7 Å². The van der Waals surface area contributed by atoms with Gasteiger partial charge in [0.1, 0.15) is 11.6 Å². The van der Waals surface area contributed by atoms with E-state index < -0.39 is 68.9 Å². The molecule has 9 nitrogen and oxygen atoms in total. The predicted octanol–water partition coefficient (Wildman–Crippen LogP) is 5.59. The van der Waals surface area contributed by atoms with Crippen molar-refractivity contribution in [2.45, 2.75) is 56.7 Å². The maximum atomic E-state index is 13.9. The lowest BCUT2D eigenvalue weighted by atomic mass is 9.96. The van der Waals surface area contributed by atoms with E-state index in [1.165, 1.54) is 6.07 Å². The minimum absolute atomic E-state index is 0.00742. The molecular weight excluding hydrogens is 548 g/mol. The summed E-state index contributed by atoms with van der Waals surface area (Å²) in [5, 5.41) is 22.2. The molecule has 0 saturated heterocycles. The number of rotatable bonds is 11. The fourth-order valence-corrected chi connectivity index (χ4v) is 5.63. The molecule has 3 rings (SSSR count). The fourth-order valence-electron chi connectivity index (χ4n) is 4.12. The van der Waals surface area contributed by atoms with Gasteiger partial charge in [-0.05, 0) is 81.3 Å². The summed E-state index contributed by atoms with van der Waals surface area (Å²) in [6.07, 6.45) is -5.27. The van der Waals surface area contributed by atoms with E-state index in [9.17, 15) is 45.8 Å². The molecule has 1 unspecified atom stereocenters. The molecule has 0 aliphatic heterocycles. The lowest BCUT2D eigenvalue weighted by molar-refractivity contribution is -0.140.